The second-order valence-electron chi connectivity index (χ2n) is 5.51. The first kappa shape index (κ1) is 19.0. The number of carbonyl (C=O) groups is 1. The molecule has 0 radical (unpaired) electrons. The number of carbonyl (C=O) groups excluding carboxylic acids is 1. The largest absolute Gasteiger partial charge is 0.497 e. The van der Waals surface area contributed by atoms with E-state index in [-0.39, 0.29) is 11.6 Å². The molecule has 0 spiro atoms. The minimum Gasteiger partial charge on any atom is -0.497 e. The Kier molecular flexibility index (Phi) is 5.64. The van der Waals surface area contributed by atoms with Crippen molar-refractivity contribution in [1.82, 2.24) is 9.97 Å². The zero-order valence-corrected chi connectivity index (χ0v) is 15.0. The summed E-state index contributed by atoms with van der Waals surface area (Å²) in [5.41, 5.74) is -0.0777. The predicted molar refractivity (Wildman–Crippen MR) is 99.2 cm³/mol. The number of halogens is 2. The number of benzene rings is 2. The van der Waals surface area contributed by atoms with E-state index < -0.39 is 23.2 Å². The van der Waals surface area contributed by atoms with E-state index in [0.29, 0.717) is 17.2 Å². The van der Waals surface area contributed by atoms with Gasteiger partial charge in [-0.05, 0) is 30.3 Å². The van der Waals surface area contributed by atoms with Gasteiger partial charge in [0.2, 0.25) is 5.95 Å². The number of hydrogen-bond acceptors (Lipinski definition) is 6. The second kappa shape index (κ2) is 8.30. The third kappa shape index (κ3) is 4.14. The molecule has 0 saturated carbocycles. The number of methoxy groups -OCH3 is 2. The molecule has 1 aromatic heterocycles. The van der Waals surface area contributed by atoms with E-state index in [1.165, 1.54) is 32.5 Å². The smallest absolute Gasteiger partial charge is 0.274 e. The van der Waals surface area contributed by atoms with Crippen molar-refractivity contribution in [2.45, 2.75) is 0 Å². The molecule has 0 aliphatic heterocycles. The predicted octanol–water partition coefficient (Wildman–Crippen LogP) is 3.77. The van der Waals surface area contributed by atoms with Gasteiger partial charge in [-0.25, -0.2) is 18.7 Å². The molecule has 7 nitrogen and oxygen atoms in total. The topological polar surface area (TPSA) is 85.4 Å². The minimum absolute atomic E-state index is 0.0763. The molecule has 28 heavy (non-hydrogen) atoms. The lowest BCUT2D eigenvalue weighted by molar-refractivity contribution is 0.102. The first-order valence-electron chi connectivity index (χ1n) is 8.09. The van der Waals surface area contributed by atoms with Gasteiger partial charge in [-0.2, -0.15) is 0 Å². The van der Waals surface area contributed by atoms with Crippen LogP contribution in [-0.4, -0.2) is 30.1 Å². The summed E-state index contributed by atoms with van der Waals surface area (Å²) in [4.78, 5) is 20.4. The van der Waals surface area contributed by atoms with Gasteiger partial charge in [-0.3, -0.25) is 4.79 Å². The van der Waals surface area contributed by atoms with Crippen LogP contribution in [0.2, 0.25) is 0 Å². The van der Waals surface area contributed by atoms with E-state index in [9.17, 15) is 13.6 Å². The van der Waals surface area contributed by atoms with Crippen LogP contribution in [0.4, 0.5) is 26.1 Å². The van der Waals surface area contributed by atoms with Gasteiger partial charge < -0.3 is 20.1 Å². The van der Waals surface area contributed by atoms with E-state index in [0.717, 1.165) is 12.1 Å². The van der Waals surface area contributed by atoms with Crippen molar-refractivity contribution in [3.63, 3.8) is 0 Å². The summed E-state index contributed by atoms with van der Waals surface area (Å²) in [6.07, 6.45) is 1.35. The zero-order valence-electron chi connectivity index (χ0n) is 15.0. The molecule has 0 atom stereocenters. The Morgan fingerprint density at radius 2 is 1.79 bits per heavy atom. The molecule has 2 aromatic carbocycles. The molecule has 0 saturated heterocycles. The molecule has 144 valence electrons. The van der Waals surface area contributed by atoms with Crippen molar-refractivity contribution in [2.24, 2.45) is 0 Å². The fraction of sp³-hybridized carbons (Fsp3) is 0.105. The fourth-order valence-electron chi connectivity index (χ4n) is 2.36. The summed E-state index contributed by atoms with van der Waals surface area (Å²) >= 11 is 0. The van der Waals surface area contributed by atoms with Crippen LogP contribution in [0.1, 0.15) is 10.5 Å². The quantitative estimate of drug-likeness (QED) is 0.671. The lowest BCUT2D eigenvalue weighted by Gasteiger charge is -2.12. The van der Waals surface area contributed by atoms with Crippen LogP contribution in [0.5, 0.6) is 11.5 Å². The summed E-state index contributed by atoms with van der Waals surface area (Å²) in [5.74, 6) is -1.37. The zero-order chi connectivity index (χ0) is 20.1. The van der Waals surface area contributed by atoms with Gasteiger partial charge in [0.25, 0.3) is 5.91 Å². The highest BCUT2D eigenvalue weighted by Crippen LogP contribution is 2.30. The first-order valence-corrected chi connectivity index (χ1v) is 8.09. The molecule has 0 bridgehead atoms. The summed E-state index contributed by atoms with van der Waals surface area (Å²) < 4.78 is 37.8. The Balaban J connectivity index is 1.82. The van der Waals surface area contributed by atoms with Crippen LogP contribution in [0.15, 0.2) is 48.7 Å². The third-order valence-electron chi connectivity index (χ3n) is 3.74. The van der Waals surface area contributed by atoms with Crippen molar-refractivity contribution >= 4 is 23.2 Å². The first-order chi connectivity index (χ1) is 13.5. The van der Waals surface area contributed by atoms with Crippen molar-refractivity contribution in [3.05, 3.63) is 66.0 Å². The van der Waals surface area contributed by atoms with E-state index >= 15 is 0 Å². The number of amides is 1. The molecule has 3 aromatic rings. The number of nitrogens with one attached hydrogen (secondary N) is 2. The standard InChI is InChI=1S/C19H16F2N4O3/c1-27-11-6-7-14(16(10-11)28-2)23-19-22-9-8-15(24-19)18(26)25-17-12(20)4-3-5-13(17)21/h3-10H,1-2H3,(H,25,26)(H,22,23,24). The molecule has 0 aliphatic rings. The lowest BCUT2D eigenvalue weighted by Crippen LogP contribution is -2.16. The summed E-state index contributed by atoms with van der Waals surface area (Å²) in [6.45, 7) is 0. The van der Waals surface area contributed by atoms with Gasteiger partial charge >= 0.3 is 0 Å². The highest BCUT2D eigenvalue weighted by molar-refractivity contribution is 6.03. The Morgan fingerprint density at radius 3 is 2.46 bits per heavy atom. The van der Waals surface area contributed by atoms with Gasteiger partial charge in [-0.1, -0.05) is 6.07 Å². The number of nitrogens with zero attached hydrogens (tertiary/aromatic N) is 2. The van der Waals surface area contributed by atoms with Gasteiger partial charge in [0, 0.05) is 12.3 Å². The normalized spacial score (nSPS) is 10.3. The summed E-state index contributed by atoms with van der Waals surface area (Å²) in [7, 11) is 3.03. The molecule has 3 rings (SSSR count). The van der Waals surface area contributed by atoms with E-state index in [4.69, 9.17) is 9.47 Å². The Hall–Kier alpha value is -3.75. The fourth-order valence-corrected chi connectivity index (χ4v) is 2.36. The van der Waals surface area contributed by atoms with Crippen LogP contribution >= 0.6 is 0 Å². The highest BCUT2D eigenvalue weighted by Gasteiger charge is 2.15. The maximum Gasteiger partial charge on any atom is 0.274 e. The minimum atomic E-state index is -0.885. The van der Waals surface area contributed by atoms with Crippen LogP contribution in [0.3, 0.4) is 0 Å². The van der Waals surface area contributed by atoms with Crippen molar-refractivity contribution < 1.29 is 23.0 Å². The number of ether oxygens (including phenoxy) is 2. The molecule has 0 fully saturated rings. The molecule has 0 aliphatic carbocycles. The number of para-hydroxylation sites is 1. The average molecular weight is 386 g/mol. The second-order valence-corrected chi connectivity index (χ2v) is 5.51. The van der Waals surface area contributed by atoms with Gasteiger partial charge in [-0.15, -0.1) is 0 Å². The maximum absolute atomic E-state index is 13.7. The monoisotopic (exact) mass is 386 g/mol. The SMILES string of the molecule is COc1ccc(Nc2nccc(C(=O)Nc3c(F)cccc3F)n2)c(OC)c1. The molecule has 0 unspecified atom stereocenters. The summed E-state index contributed by atoms with van der Waals surface area (Å²) in [5, 5.41) is 5.10. The number of rotatable bonds is 6. The number of hydrogen-bond donors (Lipinski definition) is 2. The van der Waals surface area contributed by atoms with Crippen molar-refractivity contribution in [2.75, 3.05) is 24.9 Å². The summed E-state index contributed by atoms with van der Waals surface area (Å²) in [6, 6.07) is 9.69. The molecule has 1 amide bonds. The van der Waals surface area contributed by atoms with Gasteiger partial charge in [0.05, 0.1) is 19.9 Å². The van der Waals surface area contributed by atoms with E-state index in [1.54, 1.807) is 18.2 Å². The van der Waals surface area contributed by atoms with Gasteiger partial charge in [0.15, 0.2) is 0 Å². The molecular formula is C19H16F2N4O3. The Bertz CT molecular complexity index is 994. The Morgan fingerprint density at radius 1 is 1.04 bits per heavy atom. The van der Waals surface area contributed by atoms with Crippen LogP contribution < -0.4 is 20.1 Å². The molecule has 9 heteroatoms. The number of aromatic nitrogens is 2. The van der Waals surface area contributed by atoms with Crippen molar-refractivity contribution in [3.8, 4) is 11.5 Å². The van der Waals surface area contributed by atoms with E-state index in [1.807, 2.05) is 0 Å². The molecule has 1 heterocycles. The Labute approximate surface area is 159 Å². The van der Waals surface area contributed by atoms with Gasteiger partial charge in [0.1, 0.15) is 34.5 Å². The van der Waals surface area contributed by atoms with Crippen molar-refractivity contribution in [1.29, 1.82) is 0 Å². The van der Waals surface area contributed by atoms with Crippen LogP contribution in [-0.2, 0) is 0 Å². The van der Waals surface area contributed by atoms with E-state index in [2.05, 4.69) is 20.6 Å². The number of anilines is 3. The lowest BCUT2D eigenvalue weighted by atomic mass is 10.2. The highest BCUT2D eigenvalue weighted by atomic mass is 19.1. The molecular weight excluding hydrogens is 370 g/mol. The maximum atomic E-state index is 13.7. The third-order valence-corrected chi connectivity index (χ3v) is 3.74. The van der Waals surface area contributed by atoms with Crippen LogP contribution in [0.25, 0.3) is 0 Å². The van der Waals surface area contributed by atoms with Crippen LogP contribution in [0, 0.1) is 11.6 Å². The molecule has 2 N–H and O–H groups in total. The average Bonchev–Trinajstić information content (AvgIpc) is 2.71.